The second-order valence-corrected chi connectivity index (χ2v) is 5.35. The number of hydrogen-bond acceptors (Lipinski definition) is 4. The van der Waals surface area contributed by atoms with Gasteiger partial charge in [0.05, 0.1) is 0 Å². The van der Waals surface area contributed by atoms with E-state index in [-0.39, 0.29) is 0 Å². The summed E-state index contributed by atoms with van der Waals surface area (Å²) >= 11 is 0. The van der Waals surface area contributed by atoms with Crippen LogP contribution >= 0.6 is 0 Å². The fourth-order valence-electron chi connectivity index (χ4n) is 1.72. The molecule has 0 fully saturated rings. The average molecular weight is 250 g/mol. The highest BCUT2D eigenvalue weighted by Gasteiger charge is 2.05. The fourth-order valence-corrected chi connectivity index (χ4v) is 1.72. The Labute approximate surface area is 111 Å². The highest BCUT2D eigenvalue weighted by molar-refractivity contribution is 5.28. The summed E-state index contributed by atoms with van der Waals surface area (Å²) < 4.78 is 0. The van der Waals surface area contributed by atoms with Crippen molar-refractivity contribution in [3.8, 4) is 0 Å². The first kappa shape index (κ1) is 14.9. The predicted molar refractivity (Wildman–Crippen MR) is 77.1 cm³/mol. The molecule has 0 amide bonds. The van der Waals surface area contributed by atoms with E-state index in [1.807, 2.05) is 6.92 Å². The second-order valence-electron chi connectivity index (χ2n) is 5.35. The summed E-state index contributed by atoms with van der Waals surface area (Å²) in [6, 6.07) is 2.06. The normalized spacial score (nSPS) is 11.3. The fraction of sp³-hybridized carbons (Fsp3) is 0.714. The molecule has 1 rings (SSSR count). The maximum Gasteiger partial charge on any atom is 0.223 e. The van der Waals surface area contributed by atoms with Crippen molar-refractivity contribution in [2.24, 2.45) is 0 Å². The molecule has 4 heteroatoms. The minimum absolute atomic E-state index is 0.445. The molecule has 0 atom stereocenters. The Morgan fingerprint density at radius 2 is 1.94 bits per heavy atom. The molecule has 4 nitrogen and oxygen atoms in total. The molecule has 0 saturated carbocycles. The van der Waals surface area contributed by atoms with Crippen molar-refractivity contribution in [2.45, 2.75) is 39.5 Å². The molecule has 18 heavy (non-hydrogen) atoms. The van der Waals surface area contributed by atoms with Crippen molar-refractivity contribution in [2.75, 3.05) is 32.5 Å². The summed E-state index contributed by atoms with van der Waals surface area (Å²) in [5, 5.41) is 3.31. The van der Waals surface area contributed by atoms with Gasteiger partial charge in [0.25, 0.3) is 0 Å². The first-order valence-corrected chi connectivity index (χ1v) is 6.73. The van der Waals surface area contributed by atoms with Crippen molar-refractivity contribution in [3.63, 3.8) is 0 Å². The smallest absolute Gasteiger partial charge is 0.223 e. The first-order chi connectivity index (χ1) is 8.49. The molecule has 0 saturated heterocycles. The van der Waals surface area contributed by atoms with Crippen molar-refractivity contribution < 1.29 is 0 Å². The van der Waals surface area contributed by atoms with E-state index in [1.165, 1.54) is 6.42 Å². The third kappa shape index (κ3) is 5.45. The topological polar surface area (TPSA) is 41.1 Å². The summed E-state index contributed by atoms with van der Waals surface area (Å²) in [6.45, 7) is 8.40. The maximum atomic E-state index is 4.53. The van der Waals surface area contributed by atoms with Gasteiger partial charge in [-0.05, 0) is 52.4 Å². The molecule has 1 aromatic rings. The maximum absolute atomic E-state index is 4.53. The predicted octanol–water partition coefficient (Wildman–Crippen LogP) is 2.66. The zero-order valence-corrected chi connectivity index (χ0v) is 12.3. The van der Waals surface area contributed by atoms with E-state index in [4.69, 9.17) is 0 Å². The molecule has 0 unspecified atom stereocenters. The molecule has 1 aromatic heterocycles. The molecule has 0 aliphatic heterocycles. The van der Waals surface area contributed by atoms with Gasteiger partial charge in [0.1, 0.15) is 0 Å². The van der Waals surface area contributed by atoms with Crippen molar-refractivity contribution >= 4 is 5.95 Å². The second kappa shape index (κ2) is 7.31. The Kier molecular flexibility index (Phi) is 6.05. The minimum atomic E-state index is 0.445. The Bertz CT molecular complexity index is 361. The summed E-state index contributed by atoms with van der Waals surface area (Å²) in [7, 11) is 4.21. The van der Waals surface area contributed by atoms with Crippen LogP contribution < -0.4 is 5.32 Å². The molecule has 1 N–H and O–H groups in total. The zero-order valence-electron chi connectivity index (χ0n) is 12.3. The number of aryl methyl sites for hydroxylation is 1. The lowest BCUT2D eigenvalue weighted by atomic mass is 10.1. The highest BCUT2D eigenvalue weighted by Crippen LogP contribution is 2.14. The van der Waals surface area contributed by atoms with Gasteiger partial charge in [0.2, 0.25) is 5.95 Å². The van der Waals surface area contributed by atoms with E-state index in [2.05, 4.69) is 54.2 Å². The SMILES string of the molecule is Cc1cc(C(C)C)nc(NCCCCN(C)C)n1. The van der Waals surface area contributed by atoms with E-state index in [0.29, 0.717) is 5.92 Å². The lowest BCUT2D eigenvalue weighted by Gasteiger charge is -2.11. The van der Waals surface area contributed by atoms with Gasteiger partial charge in [0.15, 0.2) is 0 Å². The van der Waals surface area contributed by atoms with E-state index in [9.17, 15) is 0 Å². The summed E-state index contributed by atoms with van der Waals surface area (Å²) in [6.07, 6.45) is 2.34. The van der Waals surface area contributed by atoms with Crippen LogP contribution in [0.5, 0.6) is 0 Å². The number of anilines is 1. The summed E-state index contributed by atoms with van der Waals surface area (Å²) in [4.78, 5) is 11.2. The number of unbranched alkanes of at least 4 members (excludes halogenated alkanes) is 1. The third-order valence-electron chi connectivity index (χ3n) is 2.78. The van der Waals surface area contributed by atoms with Crippen LogP contribution in [0, 0.1) is 6.92 Å². The Hall–Kier alpha value is -1.16. The van der Waals surface area contributed by atoms with Gasteiger partial charge in [0, 0.05) is 17.9 Å². The van der Waals surface area contributed by atoms with Crippen LogP contribution in [-0.2, 0) is 0 Å². The van der Waals surface area contributed by atoms with Crippen LogP contribution in [0.25, 0.3) is 0 Å². The Morgan fingerprint density at radius 3 is 2.56 bits per heavy atom. The van der Waals surface area contributed by atoms with Gasteiger partial charge >= 0.3 is 0 Å². The largest absolute Gasteiger partial charge is 0.354 e. The third-order valence-corrected chi connectivity index (χ3v) is 2.78. The van der Waals surface area contributed by atoms with E-state index < -0.39 is 0 Å². The number of aromatic nitrogens is 2. The van der Waals surface area contributed by atoms with Crippen LogP contribution in [0.2, 0.25) is 0 Å². The van der Waals surface area contributed by atoms with Gasteiger partial charge in [-0.2, -0.15) is 0 Å². The molecule has 0 spiro atoms. The number of nitrogens with one attached hydrogen (secondary N) is 1. The molecular weight excluding hydrogens is 224 g/mol. The van der Waals surface area contributed by atoms with E-state index in [0.717, 1.165) is 36.8 Å². The van der Waals surface area contributed by atoms with Gasteiger partial charge in [-0.3, -0.25) is 0 Å². The van der Waals surface area contributed by atoms with E-state index >= 15 is 0 Å². The van der Waals surface area contributed by atoms with Gasteiger partial charge in [-0.25, -0.2) is 9.97 Å². The average Bonchev–Trinajstić information content (AvgIpc) is 2.27. The van der Waals surface area contributed by atoms with Crippen molar-refractivity contribution in [1.82, 2.24) is 14.9 Å². The number of rotatable bonds is 7. The van der Waals surface area contributed by atoms with Crippen LogP contribution in [0.4, 0.5) is 5.95 Å². The highest BCUT2D eigenvalue weighted by atomic mass is 15.1. The van der Waals surface area contributed by atoms with Gasteiger partial charge < -0.3 is 10.2 Å². The van der Waals surface area contributed by atoms with Gasteiger partial charge in [-0.15, -0.1) is 0 Å². The van der Waals surface area contributed by atoms with Crippen LogP contribution in [-0.4, -0.2) is 42.1 Å². The monoisotopic (exact) mass is 250 g/mol. The van der Waals surface area contributed by atoms with Crippen LogP contribution in [0.15, 0.2) is 6.07 Å². The van der Waals surface area contributed by atoms with Crippen molar-refractivity contribution in [1.29, 1.82) is 0 Å². The Balaban J connectivity index is 2.42. The molecule has 0 aromatic carbocycles. The first-order valence-electron chi connectivity index (χ1n) is 6.73. The standard InChI is InChI=1S/C14H26N4/c1-11(2)13-10-12(3)16-14(17-13)15-8-6-7-9-18(4)5/h10-11H,6-9H2,1-5H3,(H,15,16,17). The molecule has 0 radical (unpaired) electrons. The lowest BCUT2D eigenvalue weighted by molar-refractivity contribution is 0.396. The molecule has 1 heterocycles. The van der Waals surface area contributed by atoms with Crippen LogP contribution in [0.3, 0.4) is 0 Å². The molecule has 0 aliphatic rings. The van der Waals surface area contributed by atoms with Crippen LogP contribution in [0.1, 0.15) is 44.0 Å². The molecule has 0 aliphatic carbocycles. The lowest BCUT2D eigenvalue weighted by Crippen LogP contribution is -2.15. The quantitative estimate of drug-likeness (QED) is 0.755. The zero-order chi connectivity index (χ0) is 13.5. The summed E-state index contributed by atoms with van der Waals surface area (Å²) in [5.41, 5.74) is 2.14. The molecule has 0 bridgehead atoms. The van der Waals surface area contributed by atoms with E-state index in [1.54, 1.807) is 0 Å². The van der Waals surface area contributed by atoms with Crippen molar-refractivity contribution in [3.05, 3.63) is 17.5 Å². The molecule has 102 valence electrons. The number of hydrogen-bond donors (Lipinski definition) is 1. The summed E-state index contributed by atoms with van der Waals surface area (Å²) in [5.74, 6) is 1.21. The molecular formula is C14H26N4. The Morgan fingerprint density at radius 1 is 1.22 bits per heavy atom. The minimum Gasteiger partial charge on any atom is -0.354 e. The van der Waals surface area contributed by atoms with Gasteiger partial charge in [-0.1, -0.05) is 13.8 Å². The number of nitrogens with zero attached hydrogens (tertiary/aromatic N) is 3.